The van der Waals surface area contributed by atoms with Crippen molar-refractivity contribution >= 4 is 63.4 Å². The molecule has 0 saturated heterocycles. The van der Waals surface area contributed by atoms with Gasteiger partial charge in [0.15, 0.2) is 92.9 Å². The molecule has 4 amide bonds. The Morgan fingerprint density at radius 2 is 0.608 bits per heavy atom. The number of nitro benzene ring substituents is 1. The smallest absolute Gasteiger partial charge is 1.00 e. The number of anilines is 3. The number of nitrogens with zero attached hydrogens (tertiary/aromatic N) is 6. The van der Waals surface area contributed by atoms with Crippen LogP contribution in [0, 0.1) is 85.7 Å². The van der Waals surface area contributed by atoms with Crippen LogP contribution in [0.1, 0.15) is 81.0 Å². The molecule has 14 rings (SSSR count). The van der Waals surface area contributed by atoms with Crippen molar-refractivity contribution in [3.8, 4) is 17.2 Å². The number of carboxylic acid groups (broad SMARTS) is 1. The first kappa shape index (κ1) is 112. The van der Waals surface area contributed by atoms with E-state index in [4.69, 9.17) is 52.5 Å². The van der Waals surface area contributed by atoms with Gasteiger partial charge in [-0.25, -0.2) is 66.7 Å². The van der Waals surface area contributed by atoms with Gasteiger partial charge in [-0.15, -0.1) is 0 Å². The normalized spacial score (nSPS) is 10.5. The zero-order valence-corrected chi connectivity index (χ0v) is 76.7. The van der Waals surface area contributed by atoms with Crippen LogP contribution >= 0.6 is 0 Å². The van der Waals surface area contributed by atoms with Crippen LogP contribution in [0.4, 0.5) is 79.8 Å². The largest absolute Gasteiger partial charge is 1.00 e. The Kier molecular flexibility index (Phi) is 41.7. The second kappa shape index (κ2) is 53.5. The first-order chi connectivity index (χ1) is 67.7. The summed E-state index contributed by atoms with van der Waals surface area (Å²) in [6.07, 6.45) is 7.08. The van der Waals surface area contributed by atoms with E-state index in [1.54, 1.807) is 0 Å². The molecule has 6 heterocycles. The maximum Gasteiger partial charge on any atom is 1.00 e. The topological polar surface area (TPSA) is 528 Å². The minimum absolute atomic E-state index is 0. The number of nitro groups is 1. The van der Waals surface area contributed by atoms with E-state index in [0.717, 1.165) is 88.0 Å². The number of hydrogen-bond donors (Lipinski definition) is 13. The van der Waals surface area contributed by atoms with E-state index < -0.39 is 149 Å². The first-order valence-corrected chi connectivity index (χ1v) is 41.5. The predicted octanol–water partition coefficient (Wildman–Crippen LogP) is 6.02. The number of aliphatic hydroxyl groups is 2. The van der Waals surface area contributed by atoms with Gasteiger partial charge in [-0.05, 0) is 149 Å². The van der Waals surface area contributed by atoms with E-state index >= 15 is 0 Å². The summed E-state index contributed by atoms with van der Waals surface area (Å²) in [5.74, 6) is -17.0. The molecular formula is C94H84F13N16NaO19. The Hall–Kier alpha value is -16.7. The number of nitrogens with two attached hydrogens (primary N) is 4. The molecule has 8 aromatic carbocycles. The summed E-state index contributed by atoms with van der Waals surface area (Å²) in [6.45, 7) is -0.477. The van der Waals surface area contributed by atoms with Crippen LogP contribution in [0.3, 0.4) is 0 Å². The van der Waals surface area contributed by atoms with Gasteiger partial charge in [-0.2, -0.15) is 0 Å². The van der Waals surface area contributed by atoms with Crippen LogP contribution in [-0.2, 0) is 32.7 Å². The molecule has 0 aliphatic rings. The van der Waals surface area contributed by atoms with Gasteiger partial charge in [-0.1, -0.05) is 30.3 Å². The quantitative estimate of drug-likeness (QED) is 0.00590. The number of aromatic carboxylic acids is 1. The number of aliphatic hydroxyl groups excluding tert-OH is 2. The summed E-state index contributed by atoms with van der Waals surface area (Å²) in [6, 6.07) is 36.5. The number of aromatic amines is 2. The number of amides is 4. The Bertz CT molecular complexity index is 7360. The number of hydrogen-bond acceptors (Lipinski definition) is 22. The number of carbonyl (C=O) groups is 5. The number of imidazole rings is 1. The Morgan fingerprint density at radius 1 is 0.350 bits per heavy atom. The standard InChI is InChI=1S/C22H17F3N4O4.C21H17F3N4O5.C21H19F3N4O3.C15H14F2N2O3.C13H9F2NO3.C2H7NO.Na.H/c23-14-4-3-12(8-15(14)24)11-29-6-1-2-13(21(29)31)20(30)26-5-7-33-19-10-18-17(9-16(19)25)27-22(32)28-18;22-14-4-3-12(8-15(14)23)11-27-6-1-2-13(21(27)30)20(29)26-5-7-33-19-10-17(25)18(28(31)32)9-16(19)24;22-14-4-3-12(8-15(14)23)11-28-6-1-2-13(21(28)30)20(29)27-5-7-31-19-10-18(26)17(25)9-16(19)24;16-12-4-3-10(8-13(12)17)9-19-6-1-2-11(15(19)22)14(21)18-5-7-20;14-10-4-3-8(6-11(10)15)7-16-5-1-2-9(12(16)17)13(18)19;3-1-2-4;;/h1-4,6,8-10H,5,7,11H2,(H,26,30)(H2,27,28,32);1-4,6,8-10H,5,7,11,25H2,(H,26,29);1-4,6,8-10H,5,7,11,25-26H2,(H,27,29);1-4,6,8,20H,5,7,9H2,(H,18,21);1-6H,7H2,(H,18,19);4H,1-3H2;;/q;;;;;;+1;-1. The molecule has 14 aromatic rings. The molecule has 143 heavy (non-hydrogen) atoms. The molecule has 746 valence electrons. The summed E-state index contributed by atoms with van der Waals surface area (Å²) in [5, 5.41) is 45.8. The minimum Gasteiger partial charge on any atom is -1.00 e. The number of benzene rings is 8. The molecule has 0 radical (unpaired) electrons. The van der Waals surface area contributed by atoms with Crippen molar-refractivity contribution in [2.45, 2.75) is 32.7 Å². The number of carbonyl (C=O) groups excluding carboxylic acids is 4. The number of H-pyrrole nitrogens is 2. The molecule has 0 aliphatic carbocycles. The van der Waals surface area contributed by atoms with Gasteiger partial charge in [0.05, 0.1) is 99.0 Å². The van der Waals surface area contributed by atoms with E-state index in [1.165, 1.54) is 148 Å². The molecule has 0 bridgehead atoms. The third-order valence-corrected chi connectivity index (χ3v) is 19.4. The number of nitrogens with one attached hydrogen (secondary N) is 6. The molecule has 0 saturated carbocycles. The Morgan fingerprint density at radius 3 is 0.895 bits per heavy atom. The molecule has 0 unspecified atom stereocenters. The van der Waals surface area contributed by atoms with Gasteiger partial charge in [0.25, 0.3) is 57.1 Å². The average Bonchev–Trinajstić information content (AvgIpc) is 1.71. The molecule has 0 aliphatic heterocycles. The summed E-state index contributed by atoms with van der Waals surface area (Å²) >= 11 is 0. The molecular weight excluding hydrogens is 1930 g/mol. The number of ether oxygens (including phenoxy) is 3. The molecule has 49 heteroatoms. The molecule has 17 N–H and O–H groups in total. The van der Waals surface area contributed by atoms with Crippen molar-refractivity contribution in [2.24, 2.45) is 5.73 Å². The number of aromatic nitrogens is 7. The van der Waals surface area contributed by atoms with E-state index in [0.29, 0.717) is 51.5 Å². The number of rotatable bonds is 31. The second-order valence-electron chi connectivity index (χ2n) is 29.5. The molecule has 35 nitrogen and oxygen atoms in total. The van der Waals surface area contributed by atoms with E-state index in [-0.39, 0.29) is 185 Å². The third-order valence-electron chi connectivity index (χ3n) is 19.4. The number of fused-ring (bicyclic) bond motifs is 1. The van der Waals surface area contributed by atoms with Gasteiger partial charge in [0, 0.05) is 74.4 Å². The summed E-state index contributed by atoms with van der Waals surface area (Å²) in [7, 11) is 0. The van der Waals surface area contributed by atoms with Gasteiger partial charge in [-0.3, -0.25) is 53.3 Å². The fraction of sp³-hybridized carbons (Fsp3) is 0.160. The number of nitrogen functional groups attached to an aromatic ring is 3. The number of carboxylic acids is 1. The zero-order chi connectivity index (χ0) is 104. The van der Waals surface area contributed by atoms with Crippen molar-refractivity contribution < 1.29 is 146 Å². The van der Waals surface area contributed by atoms with Crippen LogP contribution in [0.15, 0.2) is 248 Å². The Labute approximate surface area is 820 Å². The third kappa shape index (κ3) is 31.9. The molecule has 0 atom stereocenters. The Balaban J connectivity index is 0.000000244. The van der Waals surface area contributed by atoms with E-state index in [1.807, 2.05) is 0 Å². The monoisotopic (exact) mass is 2010 g/mol. The second-order valence-corrected chi connectivity index (χ2v) is 29.5. The predicted molar refractivity (Wildman–Crippen MR) is 489 cm³/mol. The van der Waals surface area contributed by atoms with Crippen molar-refractivity contribution in [3.05, 3.63) is 423 Å². The fourth-order valence-corrected chi connectivity index (χ4v) is 12.5. The van der Waals surface area contributed by atoms with Gasteiger partial charge in [0.1, 0.15) is 53.3 Å². The van der Waals surface area contributed by atoms with Gasteiger partial charge in [0.2, 0.25) is 0 Å². The van der Waals surface area contributed by atoms with Crippen LogP contribution < -0.4 is 121 Å². The van der Waals surface area contributed by atoms with Gasteiger partial charge < -0.3 is 108 Å². The van der Waals surface area contributed by atoms with Crippen molar-refractivity contribution in [2.75, 3.05) is 83.0 Å². The van der Waals surface area contributed by atoms with E-state index in [2.05, 4.69) is 31.2 Å². The number of halogens is 13. The van der Waals surface area contributed by atoms with Gasteiger partial charge >= 0.3 is 41.2 Å². The van der Waals surface area contributed by atoms with Crippen LogP contribution in [-0.4, -0.2) is 148 Å². The summed E-state index contributed by atoms with van der Waals surface area (Å²) in [5.41, 5.74) is 18.6. The minimum atomic E-state index is -1.33. The zero-order valence-electron chi connectivity index (χ0n) is 75.7. The van der Waals surface area contributed by atoms with Crippen molar-refractivity contribution in [1.29, 1.82) is 0 Å². The first-order valence-electron chi connectivity index (χ1n) is 41.5. The molecule has 0 spiro atoms. The van der Waals surface area contributed by atoms with Crippen LogP contribution in [0.5, 0.6) is 17.2 Å². The maximum atomic E-state index is 14.1. The molecule has 6 aromatic heterocycles. The van der Waals surface area contributed by atoms with Crippen LogP contribution in [0.25, 0.3) is 11.0 Å². The van der Waals surface area contributed by atoms with Crippen molar-refractivity contribution in [3.63, 3.8) is 0 Å². The summed E-state index contributed by atoms with van der Waals surface area (Å²) in [4.78, 5) is 148. The van der Waals surface area contributed by atoms with Crippen molar-refractivity contribution in [1.82, 2.24) is 54.1 Å². The molecule has 0 fully saturated rings. The SMILES string of the molecule is NCCO.Nc1cc(F)c(OCCNC(=O)c2cccn(Cc3ccc(F)c(F)c3)c2=O)cc1N.Nc1cc(OCCNC(=O)c2cccn(Cc3ccc(F)c(F)c3)c2=O)c(F)cc1[N+](=O)[O-].O=C(NCCO)c1cccn(Cc2ccc(F)c(F)c2)c1=O.O=C(NCCOc1cc2[nH]c(=O)[nH]c2cc1F)c1cccn(Cc2ccc(F)c(F)c2)c1=O.O=C(O)c1cccn(Cc2ccc(F)c(F)c2)c1=O.[H-].[Na+]. The summed E-state index contributed by atoms with van der Waals surface area (Å²) < 4.78 is 195. The fourth-order valence-electron chi connectivity index (χ4n) is 12.5. The maximum absolute atomic E-state index is 14.1. The van der Waals surface area contributed by atoms with Crippen LogP contribution in [0.2, 0.25) is 0 Å². The average molecular weight is 2010 g/mol. The van der Waals surface area contributed by atoms with E-state index in [9.17, 15) is 120 Å². The number of pyridine rings is 5.